The third kappa shape index (κ3) is 11.7. The van der Waals surface area contributed by atoms with Gasteiger partial charge in [-0.15, -0.1) is 11.8 Å². The van der Waals surface area contributed by atoms with Crippen LogP contribution in [-0.2, 0) is 23.4 Å². The Morgan fingerprint density at radius 2 is 1.76 bits per heavy atom. The molecule has 2 aromatic rings. The molecule has 0 fully saturated rings. The maximum absolute atomic E-state index is 11.3. The lowest BCUT2D eigenvalue weighted by molar-refractivity contribution is -0.137. The molecule has 0 aliphatic carbocycles. The van der Waals surface area contributed by atoms with Gasteiger partial charge in [-0.2, -0.15) is 0 Å². The second-order valence-electron chi connectivity index (χ2n) is 9.58. The minimum Gasteiger partial charge on any atom is -0.496 e. The summed E-state index contributed by atoms with van der Waals surface area (Å²) in [5.74, 6) is -0.878. The summed E-state index contributed by atoms with van der Waals surface area (Å²) in [6.07, 6.45) is 12.3. The fourth-order valence-corrected chi connectivity index (χ4v) is 5.48. The number of unbranched alkanes of at least 4 members (excludes halogenated alkanes) is 4. The van der Waals surface area contributed by atoms with Gasteiger partial charge in [0.25, 0.3) is 0 Å². The first-order chi connectivity index (χ1) is 18.3. The Bertz CT molecular complexity index is 1030. The van der Waals surface area contributed by atoms with E-state index in [0.29, 0.717) is 24.3 Å². The van der Waals surface area contributed by atoms with Crippen LogP contribution in [0.25, 0.3) is 0 Å². The molecule has 0 radical (unpaired) electrons. The van der Waals surface area contributed by atoms with Gasteiger partial charge in [-0.05, 0) is 55.4 Å². The number of benzene rings is 2. The number of carbonyl (C=O) groups is 2. The zero-order chi connectivity index (χ0) is 27.8. The highest BCUT2D eigenvalue weighted by Crippen LogP contribution is 2.30. The van der Waals surface area contributed by atoms with Crippen LogP contribution in [0.5, 0.6) is 5.75 Å². The normalized spacial score (nSPS) is 12.9. The molecular formula is C31H42O6S. The van der Waals surface area contributed by atoms with Crippen LogP contribution in [-0.4, -0.2) is 45.7 Å². The highest BCUT2D eigenvalue weighted by atomic mass is 32.2. The number of aromatic carboxylic acids is 1. The molecule has 0 aliphatic rings. The van der Waals surface area contributed by atoms with Crippen molar-refractivity contribution in [2.45, 2.75) is 88.2 Å². The van der Waals surface area contributed by atoms with Crippen LogP contribution >= 0.6 is 11.8 Å². The number of thioether (sulfide) groups is 1. The van der Waals surface area contributed by atoms with Crippen molar-refractivity contribution in [2.75, 3.05) is 7.11 Å². The summed E-state index contributed by atoms with van der Waals surface area (Å²) in [5.41, 5.74) is 3.57. The Labute approximate surface area is 231 Å². The second kappa shape index (κ2) is 17.7. The quantitative estimate of drug-likeness (QED) is 0.131. The molecule has 7 heteroatoms. The summed E-state index contributed by atoms with van der Waals surface area (Å²) >= 11 is 1.53. The number of hydrogen-bond acceptors (Lipinski definition) is 5. The van der Waals surface area contributed by atoms with Crippen LogP contribution in [0.4, 0.5) is 0 Å². The van der Waals surface area contributed by atoms with E-state index < -0.39 is 18.0 Å². The number of aliphatic carboxylic acids is 1. The van der Waals surface area contributed by atoms with E-state index in [-0.39, 0.29) is 17.2 Å². The standard InChI is InChI=1S/C31H42O6S/c1-3-4-5-6-7-11-23-12-8-13-24(20-23)14-9-16-29(27(32)15-10-17-30(33)34)38-22-26-19-18-25(31(35)36)21-28(26)37-2/h8-9,12-13,16,18-21,27,29,32H,3-7,10-11,14-15,17,22H2,1-2H3,(H,33,34)(H,35,36)/b16-9-/t27-,29+/m0/s1. The molecule has 2 atom stereocenters. The summed E-state index contributed by atoms with van der Waals surface area (Å²) in [5, 5.41) is 28.8. The van der Waals surface area contributed by atoms with Gasteiger partial charge in [-0.25, -0.2) is 4.79 Å². The number of aliphatic hydroxyl groups is 1. The third-order valence-corrected chi connectivity index (χ3v) is 7.81. The molecule has 0 spiro atoms. The Balaban J connectivity index is 2.04. The predicted octanol–water partition coefficient (Wildman–Crippen LogP) is 6.92. The van der Waals surface area contributed by atoms with Crippen molar-refractivity contribution in [1.29, 1.82) is 0 Å². The average molecular weight is 543 g/mol. The Morgan fingerprint density at radius 3 is 2.47 bits per heavy atom. The first kappa shape index (κ1) is 31.4. The van der Waals surface area contributed by atoms with Crippen molar-refractivity contribution in [2.24, 2.45) is 0 Å². The van der Waals surface area contributed by atoms with Gasteiger partial charge in [0, 0.05) is 23.0 Å². The van der Waals surface area contributed by atoms with Crippen molar-refractivity contribution in [3.8, 4) is 5.75 Å². The SMILES string of the molecule is CCCCCCCc1cccc(C/C=C\[C@@H](SCc2ccc(C(=O)O)cc2OC)[C@@H](O)CCCC(=O)O)c1. The number of ether oxygens (including phenoxy) is 1. The summed E-state index contributed by atoms with van der Waals surface area (Å²) in [7, 11) is 1.51. The number of carboxylic acids is 2. The fourth-order valence-electron chi connectivity index (χ4n) is 4.29. The number of hydrogen-bond donors (Lipinski definition) is 3. The van der Waals surface area contributed by atoms with Gasteiger partial charge in [-0.3, -0.25) is 4.79 Å². The zero-order valence-electron chi connectivity index (χ0n) is 22.6. The smallest absolute Gasteiger partial charge is 0.335 e. The van der Waals surface area contributed by atoms with E-state index in [1.165, 1.54) is 68.2 Å². The molecule has 0 saturated heterocycles. The molecule has 0 bridgehead atoms. The molecule has 0 unspecified atom stereocenters. The topological polar surface area (TPSA) is 104 Å². The van der Waals surface area contributed by atoms with Crippen molar-refractivity contribution in [1.82, 2.24) is 0 Å². The molecule has 6 nitrogen and oxygen atoms in total. The van der Waals surface area contributed by atoms with E-state index in [9.17, 15) is 19.8 Å². The number of aliphatic hydroxyl groups excluding tert-OH is 1. The first-order valence-electron chi connectivity index (χ1n) is 13.5. The Kier molecular flexibility index (Phi) is 14.6. The molecule has 0 aromatic heterocycles. The third-order valence-electron chi connectivity index (χ3n) is 6.47. The van der Waals surface area contributed by atoms with Crippen molar-refractivity contribution < 1.29 is 29.6 Å². The minimum atomic E-state index is -1.02. The molecule has 0 aliphatic heterocycles. The molecule has 38 heavy (non-hydrogen) atoms. The molecule has 2 aromatic carbocycles. The van der Waals surface area contributed by atoms with Crippen LogP contribution in [0.1, 0.15) is 85.3 Å². The maximum Gasteiger partial charge on any atom is 0.335 e. The number of allylic oxidation sites excluding steroid dienone is 1. The van der Waals surface area contributed by atoms with Crippen molar-refractivity contribution >= 4 is 23.7 Å². The van der Waals surface area contributed by atoms with Gasteiger partial charge in [0.2, 0.25) is 0 Å². The van der Waals surface area contributed by atoms with Gasteiger partial charge in [0.1, 0.15) is 5.75 Å². The Hall–Kier alpha value is -2.77. The number of methoxy groups -OCH3 is 1. The molecule has 208 valence electrons. The summed E-state index contributed by atoms with van der Waals surface area (Å²) in [6, 6.07) is 13.4. The van der Waals surface area contributed by atoms with Crippen LogP contribution in [0, 0.1) is 0 Å². The molecule has 0 saturated carbocycles. The minimum absolute atomic E-state index is 0.0217. The van der Waals surface area contributed by atoms with Gasteiger partial charge >= 0.3 is 11.9 Å². The van der Waals surface area contributed by atoms with Crippen LogP contribution in [0.3, 0.4) is 0 Å². The molecular weight excluding hydrogens is 500 g/mol. The zero-order valence-corrected chi connectivity index (χ0v) is 23.4. The number of rotatable bonds is 19. The molecule has 3 N–H and O–H groups in total. The predicted molar refractivity (Wildman–Crippen MR) is 154 cm³/mol. The summed E-state index contributed by atoms with van der Waals surface area (Å²) in [6.45, 7) is 2.23. The highest BCUT2D eigenvalue weighted by Gasteiger charge is 2.19. The maximum atomic E-state index is 11.3. The fraction of sp³-hybridized carbons (Fsp3) is 0.484. The van der Waals surface area contributed by atoms with E-state index in [0.717, 1.165) is 18.4 Å². The Morgan fingerprint density at radius 1 is 1.00 bits per heavy atom. The highest BCUT2D eigenvalue weighted by molar-refractivity contribution is 7.99. The van der Waals surface area contributed by atoms with Crippen molar-refractivity contribution in [3.05, 3.63) is 76.9 Å². The average Bonchev–Trinajstić information content (AvgIpc) is 2.90. The van der Waals surface area contributed by atoms with Gasteiger partial charge < -0.3 is 20.1 Å². The lowest BCUT2D eigenvalue weighted by Crippen LogP contribution is -2.21. The molecule has 0 heterocycles. The summed E-state index contributed by atoms with van der Waals surface area (Å²) in [4.78, 5) is 22.2. The van der Waals surface area contributed by atoms with E-state index >= 15 is 0 Å². The molecule has 0 amide bonds. The van der Waals surface area contributed by atoms with E-state index in [1.807, 2.05) is 6.08 Å². The van der Waals surface area contributed by atoms with Gasteiger partial charge in [0.15, 0.2) is 0 Å². The molecule has 2 rings (SSSR count). The van der Waals surface area contributed by atoms with Gasteiger partial charge in [-0.1, -0.05) is 75.1 Å². The van der Waals surface area contributed by atoms with Crippen LogP contribution in [0.2, 0.25) is 0 Å². The number of aryl methyl sites for hydroxylation is 1. The van der Waals surface area contributed by atoms with E-state index in [4.69, 9.17) is 9.84 Å². The number of carboxylic acid groups (broad SMARTS) is 2. The largest absolute Gasteiger partial charge is 0.496 e. The van der Waals surface area contributed by atoms with E-state index in [2.05, 4.69) is 37.3 Å². The lowest BCUT2D eigenvalue weighted by Gasteiger charge is -2.20. The van der Waals surface area contributed by atoms with Crippen LogP contribution in [0.15, 0.2) is 54.6 Å². The van der Waals surface area contributed by atoms with E-state index in [1.54, 1.807) is 12.1 Å². The van der Waals surface area contributed by atoms with Crippen molar-refractivity contribution in [3.63, 3.8) is 0 Å². The first-order valence-corrected chi connectivity index (χ1v) is 14.5. The monoisotopic (exact) mass is 542 g/mol. The second-order valence-corrected chi connectivity index (χ2v) is 10.7. The van der Waals surface area contributed by atoms with Gasteiger partial charge in [0.05, 0.1) is 18.8 Å². The summed E-state index contributed by atoms with van der Waals surface area (Å²) < 4.78 is 5.40. The lowest BCUT2D eigenvalue weighted by atomic mass is 10.0. The van der Waals surface area contributed by atoms with Crippen LogP contribution < -0.4 is 4.74 Å².